The minimum Gasteiger partial charge on any atom is -0.497 e. The minimum absolute atomic E-state index is 0.146. The second-order valence-corrected chi connectivity index (χ2v) is 7.21. The van der Waals surface area contributed by atoms with Crippen molar-refractivity contribution in [3.63, 3.8) is 0 Å². The number of ether oxygens (including phenoxy) is 1. The lowest BCUT2D eigenvalue weighted by molar-refractivity contribution is 0.415. The van der Waals surface area contributed by atoms with Crippen LogP contribution in [-0.4, -0.2) is 26.3 Å². The van der Waals surface area contributed by atoms with Crippen LogP contribution in [0, 0.1) is 6.92 Å². The van der Waals surface area contributed by atoms with Gasteiger partial charge in [0.05, 0.1) is 19.3 Å². The summed E-state index contributed by atoms with van der Waals surface area (Å²) in [6.07, 6.45) is 3.49. The molecule has 5 rings (SSSR count). The molecular formula is C24H20N4O3. The Kier molecular flexibility index (Phi) is 4.63. The molecule has 0 aliphatic rings. The highest BCUT2D eigenvalue weighted by Gasteiger charge is 2.14. The molecule has 3 heterocycles. The maximum atomic E-state index is 13.1. The molecule has 5 aromatic rings. The zero-order valence-corrected chi connectivity index (χ0v) is 17.1. The van der Waals surface area contributed by atoms with E-state index in [1.807, 2.05) is 61.5 Å². The van der Waals surface area contributed by atoms with Crippen LogP contribution in [0.4, 0.5) is 0 Å². The molecule has 0 saturated carbocycles. The average Bonchev–Trinajstić information content (AvgIpc) is 3.41. The third-order valence-electron chi connectivity index (χ3n) is 5.20. The lowest BCUT2D eigenvalue weighted by atomic mass is 10.1. The summed E-state index contributed by atoms with van der Waals surface area (Å²) in [6, 6.07) is 19.1. The molecule has 154 valence electrons. The molecule has 0 aliphatic heterocycles. The molecular weight excluding hydrogens is 392 g/mol. The highest BCUT2D eigenvalue weighted by molar-refractivity contribution is 5.66. The highest BCUT2D eigenvalue weighted by atomic mass is 16.5. The summed E-state index contributed by atoms with van der Waals surface area (Å²) >= 11 is 0. The first kappa shape index (κ1) is 18.9. The van der Waals surface area contributed by atoms with Gasteiger partial charge in [0.15, 0.2) is 0 Å². The monoisotopic (exact) mass is 412 g/mol. The number of nitrogens with zero attached hydrogens (tertiary/aromatic N) is 4. The molecule has 31 heavy (non-hydrogen) atoms. The van der Waals surface area contributed by atoms with Gasteiger partial charge in [0, 0.05) is 23.5 Å². The molecule has 0 unspecified atom stereocenters. The van der Waals surface area contributed by atoms with Crippen molar-refractivity contribution in [3.8, 4) is 28.5 Å². The fourth-order valence-corrected chi connectivity index (χ4v) is 3.51. The van der Waals surface area contributed by atoms with Gasteiger partial charge in [-0.25, -0.2) is 9.50 Å². The third-order valence-corrected chi connectivity index (χ3v) is 5.20. The molecule has 0 atom stereocenters. The van der Waals surface area contributed by atoms with E-state index < -0.39 is 0 Å². The van der Waals surface area contributed by atoms with E-state index in [1.165, 1.54) is 0 Å². The summed E-state index contributed by atoms with van der Waals surface area (Å²) in [5, 5.41) is 4.54. The van der Waals surface area contributed by atoms with Crippen LogP contribution in [-0.2, 0) is 6.54 Å². The Morgan fingerprint density at radius 3 is 2.61 bits per heavy atom. The van der Waals surface area contributed by atoms with Crippen molar-refractivity contribution in [1.82, 2.24) is 19.2 Å². The van der Waals surface area contributed by atoms with E-state index in [4.69, 9.17) is 9.15 Å². The summed E-state index contributed by atoms with van der Waals surface area (Å²) in [4.78, 5) is 17.7. The predicted octanol–water partition coefficient (Wildman–Crippen LogP) is 4.18. The van der Waals surface area contributed by atoms with E-state index >= 15 is 0 Å². The van der Waals surface area contributed by atoms with Crippen molar-refractivity contribution in [3.05, 3.63) is 94.9 Å². The van der Waals surface area contributed by atoms with Crippen LogP contribution in [0.5, 0.6) is 5.75 Å². The number of oxazole rings is 1. The van der Waals surface area contributed by atoms with Crippen molar-refractivity contribution in [2.75, 3.05) is 7.11 Å². The molecule has 2 aromatic carbocycles. The fraction of sp³-hybridized carbons (Fsp3) is 0.125. The molecule has 0 aliphatic carbocycles. The van der Waals surface area contributed by atoms with E-state index in [9.17, 15) is 4.79 Å². The van der Waals surface area contributed by atoms with Crippen LogP contribution in [0.3, 0.4) is 0 Å². The fourth-order valence-electron chi connectivity index (χ4n) is 3.51. The SMILES string of the molecule is COc1cccc(-c2cc3c(=O)n(Cc4nc(-c5ccccc5)oc4C)ccn3n2)c1. The van der Waals surface area contributed by atoms with Crippen LogP contribution in [0.15, 0.2) is 82.3 Å². The van der Waals surface area contributed by atoms with Gasteiger partial charge in [-0.15, -0.1) is 0 Å². The van der Waals surface area contributed by atoms with Crippen molar-refractivity contribution in [2.45, 2.75) is 13.5 Å². The minimum atomic E-state index is -0.146. The van der Waals surface area contributed by atoms with E-state index in [0.29, 0.717) is 29.4 Å². The van der Waals surface area contributed by atoms with E-state index in [-0.39, 0.29) is 5.56 Å². The quantitative estimate of drug-likeness (QED) is 0.433. The van der Waals surface area contributed by atoms with Crippen molar-refractivity contribution in [1.29, 1.82) is 0 Å². The van der Waals surface area contributed by atoms with Gasteiger partial charge in [0.1, 0.15) is 22.7 Å². The number of benzene rings is 2. The van der Waals surface area contributed by atoms with Gasteiger partial charge < -0.3 is 13.7 Å². The van der Waals surface area contributed by atoms with Gasteiger partial charge in [0.25, 0.3) is 5.56 Å². The smallest absolute Gasteiger partial charge is 0.276 e. The van der Waals surface area contributed by atoms with Gasteiger partial charge in [-0.1, -0.05) is 30.3 Å². The Morgan fingerprint density at radius 1 is 1.00 bits per heavy atom. The second kappa shape index (κ2) is 7.60. The number of aryl methyl sites for hydroxylation is 1. The Bertz CT molecular complexity index is 1430. The van der Waals surface area contributed by atoms with Gasteiger partial charge in [0.2, 0.25) is 5.89 Å². The Labute approximate surface area is 178 Å². The number of hydrogen-bond acceptors (Lipinski definition) is 5. The normalized spacial score (nSPS) is 11.2. The van der Waals surface area contributed by atoms with Crippen molar-refractivity contribution < 1.29 is 9.15 Å². The molecule has 0 saturated heterocycles. The third kappa shape index (κ3) is 3.50. The van der Waals surface area contributed by atoms with Gasteiger partial charge >= 0.3 is 0 Å². The Balaban J connectivity index is 1.50. The zero-order valence-electron chi connectivity index (χ0n) is 17.1. The molecule has 0 N–H and O–H groups in total. The topological polar surface area (TPSA) is 74.6 Å². The molecule has 0 fully saturated rings. The summed E-state index contributed by atoms with van der Waals surface area (Å²) in [7, 11) is 1.62. The number of rotatable bonds is 5. The van der Waals surface area contributed by atoms with Crippen molar-refractivity contribution >= 4 is 5.52 Å². The first-order chi connectivity index (χ1) is 15.1. The molecule has 0 spiro atoms. The van der Waals surface area contributed by atoms with Crippen LogP contribution >= 0.6 is 0 Å². The zero-order chi connectivity index (χ0) is 21.4. The molecule has 0 amide bonds. The van der Waals surface area contributed by atoms with Crippen LogP contribution in [0.1, 0.15) is 11.5 Å². The summed E-state index contributed by atoms with van der Waals surface area (Å²) < 4.78 is 14.3. The van der Waals surface area contributed by atoms with Crippen LogP contribution in [0.2, 0.25) is 0 Å². The predicted molar refractivity (Wildman–Crippen MR) is 117 cm³/mol. The maximum Gasteiger partial charge on any atom is 0.276 e. The number of methoxy groups -OCH3 is 1. The lowest BCUT2D eigenvalue weighted by Gasteiger charge is -2.04. The number of fused-ring (bicyclic) bond motifs is 1. The van der Waals surface area contributed by atoms with Gasteiger partial charge in [-0.3, -0.25) is 4.79 Å². The Hall–Kier alpha value is -4.13. The summed E-state index contributed by atoms with van der Waals surface area (Å²) in [6.45, 7) is 2.18. The first-order valence-corrected chi connectivity index (χ1v) is 9.87. The molecule has 0 bridgehead atoms. The van der Waals surface area contributed by atoms with Crippen LogP contribution < -0.4 is 10.3 Å². The lowest BCUT2D eigenvalue weighted by Crippen LogP contribution is -2.22. The second-order valence-electron chi connectivity index (χ2n) is 7.21. The Morgan fingerprint density at radius 2 is 1.81 bits per heavy atom. The standard InChI is InChI=1S/C24H20N4O3/c1-16-21(25-23(31-16)17-7-4-3-5-8-17)15-27-11-12-28-22(24(27)29)14-20(26-28)18-9-6-10-19(13-18)30-2/h3-14H,15H2,1-2H3. The van der Waals surface area contributed by atoms with Gasteiger partial charge in [-0.05, 0) is 37.3 Å². The maximum absolute atomic E-state index is 13.1. The molecule has 7 heteroatoms. The number of hydrogen-bond donors (Lipinski definition) is 0. The average molecular weight is 412 g/mol. The largest absolute Gasteiger partial charge is 0.497 e. The van der Waals surface area contributed by atoms with Gasteiger partial charge in [-0.2, -0.15) is 5.10 Å². The van der Waals surface area contributed by atoms with E-state index in [2.05, 4.69) is 10.1 Å². The molecule has 0 radical (unpaired) electrons. The summed E-state index contributed by atoms with van der Waals surface area (Å²) in [5.41, 5.74) is 3.56. The van der Waals surface area contributed by atoms with E-state index in [1.54, 1.807) is 34.7 Å². The van der Waals surface area contributed by atoms with Crippen LogP contribution in [0.25, 0.3) is 28.2 Å². The number of aromatic nitrogens is 4. The first-order valence-electron chi connectivity index (χ1n) is 9.87. The summed E-state index contributed by atoms with van der Waals surface area (Å²) in [5.74, 6) is 1.98. The molecule has 3 aromatic heterocycles. The molecule has 7 nitrogen and oxygen atoms in total. The highest BCUT2D eigenvalue weighted by Crippen LogP contribution is 2.24. The van der Waals surface area contributed by atoms with Crippen molar-refractivity contribution in [2.24, 2.45) is 0 Å². The van der Waals surface area contributed by atoms with E-state index in [0.717, 1.165) is 22.6 Å².